The Morgan fingerprint density at radius 1 is 1.38 bits per heavy atom. The van der Waals surface area contributed by atoms with Gasteiger partial charge in [0.2, 0.25) is 0 Å². The highest BCUT2D eigenvalue weighted by Gasteiger charge is 2.31. The first kappa shape index (κ1) is 11.9. The summed E-state index contributed by atoms with van der Waals surface area (Å²) >= 11 is 0. The van der Waals surface area contributed by atoms with Crippen LogP contribution in [-0.2, 0) is 9.53 Å². The zero-order valence-electron chi connectivity index (χ0n) is 9.82. The first-order chi connectivity index (χ1) is 7.65. The Hall–Kier alpha value is -0.610. The molecule has 1 saturated heterocycles. The number of nitrogens with one attached hydrogen (secondary N) is 1. The summed E-state index contributed by atoms with van der Waals surface area (Å²) < 4.78 is 5.48. The Balaban J connectivity index is 1.78. The third-order valence-electron chi connectivity index (χ3n) is 3.56. The minimum Gasteiger partial charge on any atom is -0.461 e. The van der Waals surface area contributed by atoms with Crippen molar-refractivity contribution < 1.29 is 14.6 Å². The minimum atomic E-state index is -0.400. The van der Waals surface area contributed by atoms with Crippen molar-refractivity contribution in [2.45, 2.75) is 57.3 Å². The SMILES string of the molecule is CC1CCCC(OC(=O)[C@H]2C[C@@H](O)CN2)C1. The highest BCUT2D eigenvalue weighted by Crippen LogP contribution is 2.26. The molecule has 2 rings (SSSR count). The smallest absolute Gasteiger partial charge is 0.323 e. The summed E-state index contributed by atoms with van der Waals surface area (Å²) in [6.07, 6.45) is 4.56. The van der Waals surface area contributed by atoms with Gasteiger partial charge in [0.15, 0.2) is 0 Å². The van der Waals surface area contributed by atoms with E-state index in [1.54, 1.807) is 0 Å². The van der Waals surface area contributed by atoms with Gasteiger partial charge in [0, 0.05) is 13.0 Å². The summed E-state index contributed by atoms with van der Waals surface area (Å²) in [5, 5.41) is 12.3. The van der Waals surface area contributed by atoms with Crippen LogP contribution in [0.4, 0.5) is 0 Å². The van der Waals surface area contributed by atoms with Crippen molar-refractivity contribution in [2.75, 3.05) is 6.54 Å². The second kappa shape index (κ2) is 5.15. The normalized spacial score (nSPS) is 39.6. The number of hydrogen-bond donors (Lipinski definition) is 2. The summed E-state index contributed by atoms with van der Waals surface area (Å²) in [5.41, 5.74) is 0. The molecule has 4 nitrogen and oxygen atoms in total. The number of rotatable bonds is 2. The Kier molecular flexibility index (Phi) is 3.82. The summed E-state index contributed by atoms with van der Waals surface area (Å²) in [5.74, 6) is 0.476. The van der Waals surface area contributed by atoms with Crippen LogP contribution in [0.25, 0.3) is 0 Å². The number of β-amino-alcohol motifs (C(OH)–C–C–N with tert-alkyl or cyclic N) is 1. The number of carbonyl (C=O) groups excluding carboxylic acids is 1. The molecule has 0 amide bonds. The van der Waals surface area contributed by atoms with Crippen LogP contribution in [0.5, 0.6) is 0 Å². The molecule has 0 radical (unpaired) electrons. The number of ether oxygens (including phenoxy) is 1. The van der Waals surface area contributed by atoms with E-state index in [2.05, 4.69) is 12.2 Å². The van der Waals surface area contributed by atoms with Gasteiger partial charge >= 0.3 is 5.97 Å². The highest BCUT2D eigenvalue weighted by atomic mass is 16.5. The van der Waals surface area contributed by atoms with Gasteiger partial charge in [0.1, 0.15) is 12.1 Å². The number of carbonyl (C=O) groups is 1. The van der Waals surface area contributed by atoms with Crippen molar-refractivity contribution >= 4 is 5.97 Å². The van der Waals surface area contributed by atoms with Crippen LogP contribution in [0.3, 0.4) is 0 Å². The van der Waals surface area contributed by atoms with E-state index in [0.717, 1.165) is 19.3 Å². The molecule has 4 heteroatoms. The third-order valence-corrected chi connectivity index (χ3v) is 3.56. The minimum absolute atomic E-state index is 0.0933. The molecule has 2 unspecified atom stereocenters. The lowest BCUT2D eigenvalue weighted by molar-refractivity contribution is -0.153. The predicted molar refractivity (Wildman–Crippen MR) is 59.9 cm³/mol. The fraction of sp³-hybridized carbons (Fsp3) is 0.917. The van der Waals surface area contributed by atoms with Crippen LogP contribution in [0.15, 0.2) is 0 Å². The molecule has 2 aliphatic rings. The van der Waals surface area contributed by atoms with Gasteiger partial charge in [-0.05, 0) is 25.2 Å². The first-order valence-electron chi connectivity index (χ1n) is 6.27. The molecule has 4 atom stereocenters. The van der Waals surface area contributed by atoms with Gasteiger partial charge in [-0.15, -0.1) is 0 Å². The molecular weight excluding hydrogens is 206 g/mol. The zero-order chi connectivity index (χ0) is 11.5. The molecule has 2 N–H and O–H groups in total. The number of hydrogen-bond acceptors (Lipinski definition) is 4. The maximum Gasteiger partial charge on any atom is 0.323 e. The number of aliphatic hydroxyl groups is 1. The van der Waals surface area contributed by atoms with Crippen LogP contribution in [0.2, 0.25) is 0 Å². The van der Waals surface area contributed by atoms with E-state index in [9.17, 15) is 9.90 Å². The maximum absolute atomic E-state index is 11.8. The van der Waals surface area contributed by atoms with Gasteiger partial charge in [-0.1, -0.05) is 13.3 Å². The molecule has 1 aliphatic carbocycles. The Bertz CT molecular complexity index is 257. The van der Waals surface area contributed by atoms with Crippen LogP contribution < -0.4 is 5.32 Å². The van der Waals surface area contributed by atoms with Crippen molar-refractivity contribution in [3.63, 3.8) is 0 Å². The van der Waals surface area contributed by atoms with Crippen LogP contribution in [0.1, 0.15) is 39.0 Å². The van der Waals surface area contributed by atoms with E-state index < -0.39 is 6.10 Å². The van der Waals surface area contributed by atoms with Crippen molar-refractivity contribution in [3.8, 4) is 0 Å². The summed E-state index contributed by atoms with van der Waals surface area (Å²) in [6, 6.07) is -0.299. The van der Waals surface area contributed by atoms with Crippen molar-refractivity contribution in [3.05, 3.63) is 0 Å². The quantitative estimate of drug-likeness (QED) is 0.686. The molecule has 0 aromatic heterocycles. The molecule has 92 valence electrons. The van der Waals surface area contributed by atoms with Crippen LogP contribution >= 0.6 is 0 Å². The summed E-state index contributed by atoms with van der Waals surface area (Å²) in [4.78, 5) is 11.8. The average Bonchev–Trinajstić information content (AvgIpc) is 2.65. The lowest BCUT2D eigenvalue weighted by atomic mass is 9.89. The summed E-state index contributed by atoms with van der Waals surface area (Å²) in [7, 11) is 0. The molecule has 0 aromatic carbocycles. The molecule has 1 saturated carbocycles. The van der Waals surface area contributed by atoms with Gasteiger partial charge in [0.05, 0.1) is 6.10 Å². The van der Waals surface area contributed by atoms with E-state index in [4.69, 9.17) is 4.74 Å². The van der Waals surface area contributed by atoms with Gasteiger partial charge in [0.25, 0.3) is 0 Å². The average molecular weight is 227 g/mol. The monoisotopic (exact) mass is 227 g/mol. The molecule has 1 heterocycles. The largest absolute Gasteiger partial charge is 0.461 e. The van der Waals surface area contributed by atoms with Gasteiger partial charge in [-0.3, -0.25) is 4.79 Å². The lowest BCUT2D eigenvalue weighted by Crippen LogP contribution is -2.36. The van der Waals surface area contributed by atoms with E-state index >= 15 is 0 Å². The molecular formula is C12H21NO3. The van der Waals surface area contributed by atoms with Crippen LogP contribution in [-0.4, -0.2) is 35.9 Å². The van der Waals surface area contributed by atoms with Crippen molar-refractivity contribution in [1.29, 1.82) is 0 Å². The van der Waals surface area contributed by atoms with E-state index in [1.165, 1.54) is 6.42 Å². The van der Waals surface area contributed by atoms with Crippen LogP contribution in [0, 0.1) is 5.92 Å². The maximum atomic E-state index is 11.8. The third kappa shape index (κ3) is 2.95. The van der Waals surface area contributed by atoms with Gasteiger partial charge < -0.3 is 15.2 Å². The topological polar surface area (TPSA) is 58.6 Å². The first-order valence-corrected chi connectivity index (χ1v) is 6.27. The Morgan fingerprint density at radius 2 is 2.19 bits per heavy atom. The van der Waals surface area contributed by atoms with Gasteiger partial charge in [-0.25, -0.2) is 0 Å². The second-order valence-electron chi connectivity index (χ2n) is 5.18. The fourth-order valence-electron chi connectivity index (χ4n) is 2.63. The molecule has 0 bridgehead atoms. The van der Waals surface area contributed by atoms with E-state index in [-0.39, 0.29) is 18.1 Å². The number of aliphatic hydroxyl groups excluding tert-OH is 1. The molecule has 0 aromatic rings. The molecule has 1 aliphatic heterocycles. The second-order valence-corrected chi connectivity index (χ2v) is 5.18. The van der Waals surface area contributed by atoms with Crippen molar-refractivity contribution in [2.24, 2.45) is 5.92 Å². The van der Waals surface area contributed by atoms with Crippen molar-refractivity contribution in [1.82, 2.24) is 5.32 Å². The predicted octanol–water partition coefficient (Wildman–Crippen LogP) is 0.831. The molecule has 0 spiro atoms. The molecule has 16 heavy (non-hydrogen) atoms. The Morgan fingerprint density at radius 3 is 2.81 bits per heavy atom. The van der Waals surface area contributed by atoms with Gasteiger partial charge in [-0.2, -0.15) is 0 Å². The molecule has 2 fully saturated rings. The fourth-order valence-corrected chi connectivity index (χ4v) is 2.63. The lowest BCUT2D eigenvalue weighted by Gasteiger charge is -2.27. The Labute approximate surface area is 96.4 Å². The standard InChI is InChI=1S/C12H21NO3/c1-8-3-2-4-10(5-8)16-12(15)11-6-9(14)7-13-11/h8-11,13-14H,2-7H2,1H3/t8?,9-,10?,11-/m1/s1. The van der Waals surface area contributed by atoms with E-state index in [0.29, 0.717) is 18.9 Å². The zero-order valence-corrected chi connectivity index (χ0v) is 9.82. The summed E-state index contributed by atoms with van der Waals surface area (Å²) in [6.45, 7) is 2.71. The van der Waals surface area contributed by atoms with E-state index in [1.807, 2.05) is 0 Å². The highest BCUT2D eigenvalue weighted by molar-refractivity contribution is 5.76. The number of esters is 1.